The van der Waals surface area contributed by atoms with Crippen LogP contribution in [0.1, 0.15) is 386 Å². The molecular weight excluding hydrogens is 831 g/mol. The van der Waals surface area contributed by atoms with Crippen LogP contribution < -0.4 is 5.32 Å². The van der Waals surface area contributed by atoms with Crippen LogP contribution in [0.5, 0.6) is 0 Å². The predicted octanol–water partition coefficient (Wildman–Crippen LogP) is 21.7. The molecule has 2 N–H and O–H groups in total. The van der Waals surface area contributed by atoms with Crippen LogP contribution in [-0.2, 0) is 9.59 Å². The lowest BCUT2D eigenvalue weighted by molar-refractivity contribution is -0.122. The number of aliphatic hydroxyl groups excluding tert-OH is 1. The van der Waals surface area contributed by atoms with Gasteiger partial charge in [0.1, 0.15) is 5.78 Å². The third-order valence-corrected chi connectivity index (χ3v) is 15.4. The number of carbonyl (C=O) groups is 2. The fourth-order valence-electron chi connectivity index (χ4n) is 10.6. The molecule has 0 unspecified atom stereocenters. The summed E-state index contributed by atoms with van der Waals surface area (Å²) in [5.74, 6) is 0.658. The first-order valence-corrected chi connectivity index (χ1v) is 32.1. The molecule has 1 atom stereocenters. The number of carbonyl (C=O) groups excluding carboxylic acids is 2. The molecule has 0 fully saturated rings. The Morgan fingerprint density at radius 3 is 0.691 bits per heavy atom. The summed E-state index contributed by atoms with van der Waals surface area (Å²) in [6.07, 6.45) is 76.8. The Balaban J connectivity index is 3.27. The van der Waals surface area contributed by atoms with Crippen LogP contribution in [0.4, 0.5) is 0 Å². The van der Waals surface area contributed by atoms with E-state index in [9.17, 15) is 14.7 Å². The van der Waals surface area contributed by atoms with Gasteiger partial charge >= 0.3 is 0 Å². The molecule has 0 rings (SSSR count). The number of amides is 1. The maximum absolute atomic E-state index is 12.4. The number of ketones is 1. The number of hydrogen-bond donors (Lipinski definition) is 2. The zero-order valence-electron chi connectivity index (χ0n) is 47.1. The molecule has 4 nitrogen and oxygen atoms in total. The monoisotopic (exact) mass is 958 g/mol. The second-order valence-electron chi connectivity index (χ2n) is 22.4. The normalized spacial score (nSPS) is 12.0. The Bertz CT molecular complexity index is 952. The number of Topliss-reactive ketones (excluding diaryl/α,β-unsaturated/α-hetero) is 1. The minimum absolute atomic E-state index is 0.0586. The molecule has 0 saturated carbocycles. The highest BCUT2D eigenvalue weighted by molar-refractivity contribution is 5.78. The molecule has 0 aromatic carbocycles. The van der Waals surface area contributed by atoms with Gasteiger partial charge in [0, 0.05) is 19.3 Å². The molecule has 0 aliphatic heterocycles. The SMILES string of the molecule is CCCCCCCCCCCCCCCC[C@H](CO)NC(=O)CCCCCCCCCCCCCCCCCCCCCCCCCCCCCC(=O)CCCCCCCCCCCCCCC. The molecule has 0 bridgehead atoms. The van der Waals surface area contributed by atoms with Crippen LogP contribution in [0.25, 0.3) is 0 Å². The standard InChI is InChI=1S/C64H127NO3/c1-3-5-7-9-11-13-15-17-34-37-41-45-49-53-57-62(61-66)65-64(68)60-56-52-48-44-40-36-32-30-28-26-24-22-20-18-19-21-23-25-27-29-31-35-39-43-47-51-55-59-63(67)58-54-50-46-42-38-33-16-14-12-10-8-6-4-2/h62,66H,3-61H2,1-2H3,(H,65,68)/t62-/m1/s1. The van der Waals surface area contributed by atoms with Gasteiger partial charge in [0.2, 0.25) is 5.91 Å². The largest absolute Gasteiger partial charge is 0.394 e. The second-order valence-corrected chi connectivity index (χ2v) is 22.4. The van der Waals surface area contributed by atoms with Gasteiger partial charge in [-0.2, -0.15) is 0 Å². The van der Waals surface area contributed by atoms with Gasteiger partial charge in [0.15, 0.2) is 0 Å². The minimum atomic E-state index is -0.0586. The van der Waals surface area contributed by atoms with Crippen molar-refractivity contribution in [1.29, 1.82) is 0 Å². The van der Waals surface area contributed by atoms with Crippen molar-refractivity contribution in [1.82, 2.24) is 5.32 Å². The summed E-state index contributed by atoms with van der Waals surface area (Å²) in [6, 6.07) is -0.0586. The van der Waals surface area contributed by atoms with Crippen molar-refractivity contribution in [3.05, 3.63) is 0 Å². The van der Waals surface area contributed by atoms with Gasteiger partial charge < -0.3 is 10.4 Å². The number of nitrogens with one attached hydrogen (secondary N) is 1. The van der Waals surface area contributed by atoms with Crippen molar-refractivity contribution in [2.45, 2.75) is 392 Å². The van der Waals surface area contributed by atoms with Crippen molar-refractivity contribution < 1.29 is 14.7 Å². The molecule has 0 aliphatic rings. The van der Waals surface area contributed by atoms with Crippen LogP contribution in [0, 0.1) is 0 Å². The zero-order valence-corrected chi connectivity index (χ0v) is 47.1. The quantitative estimate of drug-likeness (QED) is 0.0597. The van der Waals surface area contributed by atoms with Gasteiger partial charge in [-0.25, -0.2) is 0 Å². The summed E-state index contributed by atoms with van der Waals surface area (Å²) in [4.78, 5) is 24.7. The smallest absolute Gasteiger partial charge is 0.220 e. The Kier molecular flexibility index (Phi) is 59.6. The fourth-order valence-corrected chi connectivity index (χ4v) is 10.6. The van der Waals surface area contributed by atoms with Crippen molar-refractivity contribution >= 4 is 11.7 Å². The number of aliphatic hydroxyl groups is 1. The molecule has 4 heteroatoms. The molecule has 0 spiro atoms. The van der Waals surface area contributed by atoms with Gasteiger partial charge in [-0.1, -0.05) is 341 Å². The highest BCUT2D eigenvalue weighted by Gasteiger charge is 2.11. The number of unbranched alkanes of at least 4 members (excludes halogenated alkanes) is 51. The number of hydrogen-bond acceptors (Lipinski definition) is 3. The summed E-state index contributed by atoms with van der Waals surface area (Å²) in [5.41, 5.74) is 0. The van der Waals surface area contributed by atoms with E-state index in [-0.39, 0.29) is 18.6 Å². The third-order valence-electron chi connectivity index (χ3n) is 15.4. The van der Waals surface area contributed by atoms with E-state index in [1.807, 2.05) is 0 Å². The molecule has 0 aromatic heterocycles. The highest BCUT2D eigenvalue weighted by Crippen LogP contribution is 2.19. The first-order chi connectivity index (χ1) is 33.6. The third kappa shape index (κ3) is 57.7. The van der Waals surface area contributed by atoms with Crippen molar-refractivity contribution in [3.63, 3.8) is 0 Å². The van der Waals surface area contributed by atoms with Crippen molar-refractivity contribution in [2.24, 2.45) is 0 Å². The molecule has 406 valence electrons. The van der Waals surface area contributed by atoms with E-state index < -0.39 is 0 Å². The highest BCUT2D eigenvalue weighted by atomic mass is 16.3. The summed E-state index contributed by atoms with van der Waals surface area (Å²) >= 11 is 0. The molecule has 1 amide bonds. The maximum Gasteiger partial charge on any atom is 0.220 e. The van der Waals surface area contributed by atoms with Crippen LogP contribution >= 0.6 is 0 Å². The van der Waals surface area contributed by atoms with Crippen LogP contribution in [0.3, 0.4) is 0 Å². The lowest BCUT2D eigenvalue weighted by Gasteiger charge is -2.16. The summed E-state index contributed by atoms with van der Waals surface area (Å²) < 4.78 is 0. The predicted molar refractivity (Wildman–Crippen MR) is 303 cm³/mol. The Labute approximate surface area is 428 Å². The van der Waals surface area contributed by atoms with E-state index in [1.165, 1.54) is 315 Å². The first kappa shape index (κ1) is 67.1. The van der Waals surface area contributed by atoms with E-state index in [0.29, 0.717) is 12.2 Å². The lowest BCUT2D eigenvalue weighted by Crippen LogP contribution is -2.37. The van der Waals surface area contributed by atoms with E-state index in [1.54, 1.807) is 0 Å². The Morgan fingerprint density at radius 1 is 0.279 bits per heavy atom. The van der Waals surface area contributed by atoms with Crippen LogP contribution in [-0.4, -0.2) is 29.4 Å². The van der Waals surface area contributed by atoms with Crippen LogP contribution in [0.2, 0.25) is 0 Å². The minimum Gasteiger partial charge on any atom is -0.394 e. The molecule has 0 radical (unpaired) electrons. The van der Waals surface area contributed by atoms with Crippen molar-refractivity contribution in [3.8, 4) is 0 Å². The summed E-state index contributed by atoms with van der Waals surface area (Å²) in [5, 5.41) is 12.9. The fraction of sp³-hybridized carbons (Fsp3) is 0.969. The van der Waals surface area contributed by atoms with Crippen LogP contribution in [0.15, 0.2) is 0 Å². The summed E-state index contributed by atoms with van der Waals surface area (Å²) in [6.45, 7) is 4.65. The maximum atomic E-state index is 12.4. The molecule has 0 saturated heterocycles. The van der Waals surface area contributed by atoms with E-state index in [2.05, 4.69) is 19.2 Å². The zero-order chi connectivity index (χ0) is 49.2. The van der Waals surface area contributed by atoms with Crippen molar-refractivity contribution in [2.75, 3.05) is 6.61 Å². The molecule has 0 heterocycles. The van der Waals surface area contributed by atoms with Gasteiger partial charge in [-0.05, 0) is 25.7 Å². The topological polar surface area (TPSA) is 66.4 Å². The Morgan fingerprint density at radius 2 is 0.471 bits per heavy atom. The lowest BCUT2D eigenvalue weighted by atomic mass is 10.0. The van der Waals surface area contributed by atoms with Gasteiger partial charge in [-0.3, -0.25) is 9.59 Å². The second kappa shape index (κ2) is 60.4. The van der Waals surface area contributed by atoms with E-state index in [0.717, 1.165) is 51.4 Å². The van der Waals surface area contributed by atoms with E-state index >= 15 is 0 Å². The number of rotatable bonds is 61. The molecule has 0 aromatic rings. The van der Waals surface area contributed by atoms with Gasteiger partial charge in [-0.15, -0.1) is 0 Å². The first-order valence-electron chi connectivity index (χ1n) is 32.1. The summed E-state index contributed by atoms with van der Waals surface area (Å²) in [7, 11) is 0. The molecular formula is C64H127NO3. The Hall–Kier alpha value is -0.900. The average Bonchev–Trinajstić information content (AvgIpc) is 3.34. The average molecular weight is 959 g/mol. The van der Waals surface area contributed by atoms with Gasteiger partial charge in [0.05, 0.1) is 12.6 Å². The van der Waals surface area contributed by atoms with E-state index in [4.69, 9.17) is 0 Å². The molecule has 68 heavy (non-hydrogen) atoms. The van der Waals surface area contributed by atoms with Gasteiger partial charge in [0.25, 0.3) is 0 Å². The molecule has 0 aliphatic carbocycles.